The van der Waals surface area contributed by atoms with E-state index in [-0.39, 0.29) is 28.6 Å². The van der Waals surface area contributed by atoms with Crippen LogP contribution in [0.2, 0.25) is 0 Å². The van der Waals surface area contributed by atoms with Crippen LogP contribution in [0, 0.1) is 23.6 Å². The van der Waals surface area contributed by atoms with Gasteiger partial charge in [-0.2, -0.15) is 0 Å². The van der Waals surface area contributed by atoms with Gasteiger partial charge >= 0.3 is 6.16 Å². The number of aromatic nitrogens is 1. The summed E-state index contributed by atoms with van der Waals surface area (Å²) < 4.78 is 27.9. The number of nitrogens with two attached hydrogens (primary N) is 1. The molecule has 8 nitrogen and oxygen atoms in total. The van der Waals surface area contributed by atoms with Gasteiger partial charge in [0.15, 0.2) is 17.3 Å². The molecule has 4 aliphatic carbocycles. The fraction of sp³-hybridized carbons (Fsp3) is 0.500. The van der Waals surface area contributed by atoms with Crippen molar-refractivity contribution >= 4 is 22.7 Å². The first kappa shape index (κ1) is 20.5. The van der Waals surface area contributed by atoms with Gasteiger partial charge < -0.3 is 29.8 Å². The first-order chi connectivity index (χ1) is 15.8. The number of carbonyl (C=O) groups is 1. The van der Waals surface area contributed by atoms with E-state index in [9.17, 15) is 9.59 Å². The second kappa shape index (κ2) is 6.96. The topological polar surface area (TPSA) is 107 Å². The van der Waals surface area contributed by atoms with E-state index in [1.807, 2.05) is 4.90 Å². The number of allylic oxidation sites excluding steroid dienone is 1. The number of pyridine rings is 1. The summed E-state index contributed by atoms with van der Waals surface area (Å²) >= 11 is 0. The maximum atomic E-state index is 15.7. The normalized spacial score (nSPS) is 30.0. The van der Waals surface area contributed by atoms with E-state index in [4.69, 9.17) is 20.3 Å². The standard InChI is InChI=1S/C24H26FN3O5/c1-32-22-19-14(21(29)18(33-23(30)31)11-28(19)13-2-3-13)8-17(25)20(22)27-9-15-12-4-6-24(26,7-5-12)16(15)10-27/h4,6,8,11-13,15-16H,2-3,5,7,9-10,26H2,1H3,(H,30,31). The van der Waals surface area contributed by atoms with Crippen molar-refractivity contribution < 1.29 is 23.8 Å². The lowest BCUT2D eigenvalue weighted by molar-refractivity contribution is 0.139. The molecule has 0 radical (unpaired) electrons. The molecule has 0 amide bonds. The van der Waals surface area contributed by atoms with Crippen molar-refractivity contribution in [3.8, 4) is 11.5 Å². The monoisotopic (exact) mass is 455 g/mol. The number of anilines is 1. The molecule has 4 atom stereocenters. The Morgan fingerprint density at radius 1 is 1.30 bits per heavy atom. The van der Waals surface area contributed by atoms with Crippen LogP contribution >= 0.6 is 0 Å². The van der Waals surface area contributed by atoms with Gasteiger partial charge in [-0.05, 0) is 43.6 Å². The number of hydrogen-bond donors (Lipinski definition) is 2. The number of methoxy groups -OCH3 is 1. The predicted molar refractivity (Wildman–Crippen MR) is 120 cm³/mol. The lowest BCUT2D eigenvalue weighted by atomic mass is 9.60. The van der Waals surface area contributed by atoms with E-state index in [0.717, 1.165) is 25.7 Å². The second-order valence-electron chi connectivity index (χ2n) is 9.81. The third-order valence-electron chi connectivity index (χ3n) is 7.99. The van der Waals surface area contributed by atoms with Crippen LogP contribution in [-0.4, -0.2) is 41.6 Å². The third kappa shape index (κ3) is 2.98. The van der Waals surface area contributed by atoms with Crippen molar-refractivity contribution in [2.45, 2.75) is 37.3 Å². The van der Waals surface area contributed by atoms with Gasteiger partial charge in [0.25, 0.3) is 0 Å². The second-order valence-corrected chi connectivity index (χ2v) is 9.81. The summed E-state index contributed by atoms with van der Waals surface area (Å²) in [6.45, 7) is 1.29. The summed E-state index contributed by atoms with van der Waals surface area (Å²) in [5.74, 6) is 0.414. The average molecular weight is 455 g/mol. The van der Waals surface area contributed by atoms with E-state index in [0.29, 0.717) is 41.9 Å². The predicted octanol–water partition coefficient (Wildman–Crippen LogP) is 3.27. The molecule has 0 spiro atoms. The summed E-state index contributed by atoms with van der Waals surface area (Å²) in [4.78, 5) is 26.1. The van der Waals surface area contributed by atoms with Crippen LogP contribution in [0.1, 0.15) is 31.7 Å². The maximum Gasteiger partial charge on any atom is 0.511 e. The Morgan fingerprint density at radius 3 is 2.70 bits per heavy atom. The van der Waals surface area contributed by atoms with Gasteiger partial charge in [0, 0.05) is 30.6 Å². The third-order valence-corrected chi connectivity index (χ3v) is 7.99. The molecule has 1 saturated heterocycles. The Balaban J connectivity index is 1.52. The van der Waals surface area contributed by atoms with Gasteiger partial charge in [-0.3, -0.25) is 4.79 Å². The van der Waals surface area contributed by atoms with Crippen LogP contribution in [0.4, 0.5) is 14.9 Å². The lowest BCUT2D eigenvalue weighted by Crippen LogP contribution is -2.55. The number of benzene rings is 1. The molecule has 3 fully saturated rings. The van der Waals surface area contributed by atoms with E-state index in [2.05, 4.69) is 12.2 Å². The summed E-state index contributed by atoms with van der Waals surface area (Å²) in [6, 6.07) is 1.26. The minimum absolute atomic E-state index is 0.0485. The molecular weight excluding hydrogens is 429 g/mol. The number of halogens is 1. The molecule has 9 heteroatoms. The van der Waals surface area contributed by atoms with Gasteiger partial charge in [0.1, 0.15) is 5.69 Å². The van der Waals surface area contributed by atoms with Gasteiger partial charge in [-0.15, -0.1) is 0 Å². The van der Waals surface area contributed by atoms with Gasteiger partial charge in [-0.25, -0.2) is 9.18 Å². The Labute approximate surface area is 189 Å². The van der Waals surface area contributed by atoms with Crippen molar-refractivity contribution in [2.75, 3.05) is 25.1 Å². The highest BCUT2D eigenvalue weighted by Gasteiger charge is 2.53. The van der Waals surface area contributed by atoms with Gasteiger partial charge in [0.2, 0.25) is 5.43 Å². The lowest BCUT2D eigenvalue weighted by Gasteiger charge is -2.47. The molecule has 5 aliphatic rings. The molecule has 3 N–H and O–H groups in total. The molecule has 2 aromatic rings. The number of hydrogen-bond acceptors (Lipinski definition) is 6. The molecule has 7 rings (SSSR count). The fourth-order valence-electron chi connectivity index (χ4n) is 6.29. The number of fused-ring (bicyclic) bond motifs is 2. The largest absolute Gasteiger partial charge is 0.511 e. The smallest absolute Gasteiger partial charge is 0.492 e. The first-order valence-electron chi connectivity index (χ1n) is 11.4. The van der Waals surface area contributed by atoms with E-state index < -0.39 is 17.4 Å². The summed E-state index contributed by atoms with van der Waals surface area (Å²) in [5.41, 5.74) is 6.49. The van der Waals surface area contributed by atoms with Gasteiger partial charge in [-0.1, -0.05) is 12.2 Å². The number of nitrogens with zero attached hydrogens (tertiary/aromatic N) is 2. The highest BCUT2D eigenvalue weighted by atomic mass is 19.1. The molecule has 2 bridgehead atoms. The Bertz CT molecular complexity index is 1270. The van der Waals surface area contributed by atoms with Crippen molar-refractivity contribution in [3.63, 3.8) is 0 Å². The molecule has 1 aromatic carbocycles. The molecule has 33 heavy (non-hydrogen) atoms. The highest BCUT2D eigenvalue weighted by molar-refractivity contribution is 5.92. The molecular formula is C24H26FN3O5. The van der Waals surface area contributed by atoms with Crippen LogP contribution in [0.25, 0.3) is 10.9 Å². The fourth-order valence-corrected chi connectivity index (χ4v) is 6.29. The van der Waals surface area contributed by atoms with Crippen LogP contribution in [0.15, 0.2) is 29.2 Å². The maximum absolute atomic E-state index is 15.7. The van der Waals surface area contributed by atoms with E-state index >= 15 is 4.39 Å². The number of rotatable bonds is 4. The Morgan fingerprint density at radius 2 is 2.09 bits per heavy atom. The van der Waals surface area contributed by atoms with Crippen molar-refractivity contribution in [2.24, 2.45) is 23.5 Å². The average Bonchev–Trinajstić information content (AvgIpc) is 3.52. The molecule has 2 saturated carbocycles. The first-order valence-corrected chi connectivity index (χ1v) is 11.4. The van der Waals surface area contributed by atoms with Crippen molar-refractivity contribution in [1.29, 1.82) is 0 Å². The number of ether oxygens (including phenoxy) is 2. The Kier molecular flexibility index (Phi) is 4.33. The highest BCUT2D eigenvalue weighted by Crippen LogP contribution is 2.52. The van der Waals surface area contributed by atoms with Crippen molar-refractivity contribution in [3.05, 3.63) is 40.5 Å². The minimum atomic E-state index is -1.59. The SMILES string of the molecule is COc1c(N2CC3C4C=CC(N)(CC4)C3C2)c(F)cc2c(=O)c(OC(=O)O)cn(C3CC3)c12. The van der Waals surface area contributed by atoms with E-state index in [1.165, 1.54) is 19.4 Å². The zero-order chi connectivity index (χ0) is 23.1. The molecule has 174 valence electrons. The van der Waals surface area contributed by atoms with Crippen LogP contribution < -0.4 is 25.5 Å². The molecule has 1 aliphatic heterocycles. The van der Waals surface area contributed by atoms with E-state index in [1.54, 1.807) is 4.57 Å². The van der Waals surface area contributed by atoms with Gasteiger partial charge in [0.05, 0.1) is 24.2 Å². The summed E-state index contributed by atoms with van der Waals surface area (Å²) in [7, 11) is 1.47. The van der Waals surface area contributed by atoms with Crippen LogP contribution in [-0.2, 0) is 0 Å². The van der Waals surface area contributed by atoms with Crippen LogP contribution in [0.5, 0.6) is 11.5 Å². The zero-order valence-corrected chi connectivity index (χ0v) is 18.3. The Hall–Kier alpha value is -3.07. The summed E-state index contributed by atoms with van der Waals surface area (Å²) in [5, 5.41) is 9.08. The zero-order valence-electron chi connectivity index (χ0n) is 18.3. The quantitative estimate of drug-likeness (QED) is 0.538. The van der Waals surface area contributed by atoms with Crippen molar-refractivity contribution in [1.82, 2.24) is 4.57 Å². The molecule has 1 aromatic heterocycles. The van der Waals surface area contributed by atoms with Crippen LogP contribution in [0.3, 0.4) is 0 Å². The molecule has 2 heterocycles. The summed E-state index contributed by atoms with van der Waals surface area (Å²) in [6.07, 6.45) is 7.90. The minimum Gasteiger partial charge on any atom is -0.492 e. The number of carboxylic acid groups (broad SMARTS) is 1. The molecule has 4 unspecified atom stereocenters.